The van der Waals surface area contributed by atoms with Gasteiger partial charge in [0.25, 0.3) is 11.8 Å². The van der Waals surface area contributed by atoms with Crippen molar-refractivity contribution in [3.63, 3.8) is 0 Å². The number of amides is 2. The molecule has 1 aromatic heterocycles. The van der Waals surface area contributed by atoms with Gasteiger partial charge in [-0.15, -0.1) is 11.3 Å². The van der Waals surface area contributed by atoms with Gasteiger partial charge < -0.3 is 0 Å². The molecule has 3 aliphatic rings. The lowest BCUT2D eigenvalue weighted by Gasteiger charge is -2.28. The Bertz CT molecular complexity index is 1420. The molecule has 1 aliphatic heterocycles. The minimum Gasteiger partial charge on any atom is -0.298 e. The SMILES string of the molecule is CC1(c2csc(-c3ccc(C=C4C(=O)NC(=S)N(c5ccc(Cl)cc5)C4=O)cc3)n2)C[C@H]2CCC[C@H]2C1. The van der Waals surface area contributed by atoms with Gasteiger partial charge in [0.1, 0.15) is 10.6 Å². The first-order valence-corrected chi connectivity index (χ1v) is 14.2. The standard InChI is InChI=1S/C29H26ClN3O2S2/c1-29(14-19-3-2-4-20(19)15-29)24-16-37-26(31-24)18-7-5-17(6-8-18)13-23-25(34)32-28(36)33(27(23)35)22-11-9-21(30)10-12-22/h5-13,16,19-20H,2-4,14-15H2,1H3,(H,32,34,36)/t19-,20+,29?. The number of hydrogen-bond donors (Lipinski definition) is 1. The highest BCUT2D eigenvalue weighted by Crippen LogP contribution is 2.54. The molecule has 0 radical (unpaired) electrons. The van der Waals surface area contributed by atoms with Gasteiger partial charge in [-0.05, 0) is 72.8 Å². The van der Waals surface area contributed by atoms with Gasteiger partial charge in [-0.25, -0.2) is 4.98 Å². The van der Waals surface area contributed by atoms with Gasteiger partial charge in [0, 0.05) is 21.4 Å². The Labute approximate surface area is 230 Å². The van der Waals surface area contributed by atoms with Crippen molar-refractivity contribution in [3.8, 4) is 10.6 Å². The van der Waals surface area contributed by atoms with Crippen molar-refractivity contribution in [2.75, 3.05) is 4.90 Å². The molecule has 1 N–H and O–H groups in total. The first-order chi connectivity index (χ1) is 17.8. The van der Waals surface area contributed by atoms with Crippen LogP contribution in [0.1, 0.15) is 50.3 Å². The number of benzene rings is 2. The second kappa shape index (κ2) is 9.46. The molecule has 0 bridgehead atoms. The topological polar surface area (TPSA) is 62.3 Å². The molecule has 2 aliphatic carbocycles. The Morgan fingerprint density at radius 2 is 1.76 bits per heavy atom. The van der Waals surface area contributed by atoms with E-state index in [4.69, 9.17) is 28.8 Å². The summed E-state index contributed by atoms with van der Waals surface area (Å²) in [6.45, 7) is 2.38. The zero-order valence-corrected chi connectivity index (χ0v) is 22.8. The summed E-state index contributed by atoms with van der Waals surface area (Å²) in [6, 6.07) is 14.5. The number of fused-ring (bicyclic) bond motifs is 1. The van der Waals surface area contributed by atoms with Gasteiger partial charge in [-0.1, -0.05) is 62.1 Å². The van der Waals surface area contributed by atoms with E-state index in [1.807, 2.05) is 24.3 Å². The van der Waals surface area contributed by atoms with Crippen LogP contribution in [0.2, 0.25) is 5.02 Å². The fraction of sp³-hybridized carbons (Fsp3) is 0.310. The zero-order chi connectivity index (χ0) is 25.7. The highest BCUT2D eigenvalue weighted by Gasteiger charge is 2.46. The molecule has 188 valence electrons. The second-order valence-electron chi connectivity index (χ2n) is 10.5. The summed E-state index contributed by atoms with van der Waals surface area (Å²) in [5, 5.41) is 6.43. The molecule has 5 nitrogen and oxygen atoms in total. The predicted octanol–water partition coefficient (Wildman–Crippen LogP) is 6.76. The lowest BCUT2D eigenvalue weighted by molar-refractivity contribution is -0.122. The monoisotopic (exact) mass is 547 g/mol. The quantitative estimate of drug-likeness (QED) is 0.222. The van der Waals surface area contributed by atoms with Gasteiger partial charge in [-0.3, -0.25) is 19.8 Å². The largest absolute Gasteiger partial charge is 0.298 e. The number of nitrogens with one attached hydrogen (secondary N) is 1. The number of aromatic nitrogens is 1. The number of hydrogen-bond acceptors (Lipinski definition) is 5. The van der Waals surface area contributed by atoms with Gasteiger partial charge in [0.2, 0.25) is 0 Å². The van der Waals surface area contributed by atoms with Gasteiger partial charge >= 0.3 is 0 Å². The first-order valence-electron chi connectivity index (χ1n) is 12.5. The van der Waals surface area contributed by atoms with E-state index in [0.29, 0.717) is 10.7 Å². The predicted molar refractivity (Wildman–Crippen MR) is 153 cm³/mol. The zero-order valence-electron chi connectivity index (χ0n) is 20.4. The second-order valence-corrected chi connectivity index (χ2v) is 12.2. The number of carbonyl (C=O) groups excluding carboxylic acids is 2. The number of nitrogens with zero attached hydrogens (tertiary/aromatic N) is 2. The van der Waals surface area contributed by atoms with Crippen LogP contribution in [0.3, 0.4) is 0 Å². The molecule has 6 rings (SSSR count). The summed E-state index contributed by atoms with van der Waals surface area (Å²) in [5.74, 6) is 0.752. The number of halogens is 1. The summed E-state index contributed by atoms with van der Waals surface area (Å²) >= 11 is 12.9. The fourth-order valence-corrected chi connectivity index (χ4v) is 7.55. The Kier molecular flexibility index (Phi) is 6.25. The molecule has 3 aromatic rings. The van der Waals surface area contributed by atoms with Crippen molar-refractivity contribution in [1.29, 1.82) is 0 Å². The number of rotatable bonds is 4. The van der Waals surface area contributed by atoms with Crippen molar-refractivity contribution in [1.82, 2.24) is 10.3 Å². The lowest BCUT2D eigenvalue weighted by atomic mass is 9.83. The van der Waals surface area contributed by atoms with Gasteiger partial charge in [0.15, 0.2) is 5.11 Å². The van der Waals surface area contributed by atoms with Gasteiger partial charge in [0.05, 0.1) is 11.4 Å². The van der Waals surface area contributed by atoms with E-state index in [-0.39, 0.29) is 16.1 Å². The van der Waals surface area contributed by atoms with E-state index in [1.165, 1.54) is 42.7 Å². The Balaban J connectivity index is 1.22. The minimum atomic E-state index is -0.511. The maximum atomic E-state index is 13.2. The van der Waals surface area contributed by atoms with Crippen LogP contribution in [0.4, 0.5) is 5.69 Å². The fourth-order valence-electron chi connectivity index (χ4n) is 6.16. The van der Waals surface area contributed by atoms with Crippen LogP contribution in [-0.2, 0) is 15.0 Å². The normalized spacial score (nSPS) is 26.6. The molecule has 3 atom stereocenters. The number of anilines is 1. The molecule has 8 heteroatoms. The van der Waals surface area contributed by atoms with Crippen molar-refractivity contribution in [2.45, 2.75) is 44.4 Å². The highest BCUT2D eigenvalue weighted by molar-refractivity contribution is 7.80. The Morgan fingerprint density at radius 3 is 2.43 bits per heavy atom. The molecule has 2 saturated carbocycles. The van der Waals surface area contributed by atoms with Crippen LogP contribution in [0.5, 0.6) is 0 Å². The van der Waals surface area contributed by atoms with Crippen molar-refractivity contribution in [3.05, 3.63) is 75.8 Å². The summed E-state index contributed by atoms with van der Waals surface area (Å²) in [7, 11) is 0. The molecule has 3 fully saturated rings. The van der Waals surface area contributed by atoms with Crippen molar-refractivity contribution < 1.29 is 9.59 Å². The average molecular weight is 548 g/mol. The maximum Gasteiger partial charge on any atom is 0.270 e. The minimum absolute atomic E-state index is 0.0209. The van der Waals surface area contributed by atoms with E-state index in [9.17, 15) is 9.59 Å². The molecule has 2 amide bonds. The molecule has 37 heavy (non-hydrogen) atoms. The third-order valence-corrected chi connectivity index (χ3v) is 9.45. The van der Waals surface area contributed by atoms with Crippen LogP contribution >= 0.6 is 35.2 Å². The van der Waals surface area contributed by atoms with E-state index in [1.54, 1.807) is 41.7 Å². The third-order valence-electron chi connectivity index (χ3n) is 8.02. The first kappa shape index (κ1) is 24.5. The molecule has 0 spiro atoms. The van der Waals surface area contributed by atoms with Crippen LogP contribution in [0.15, 0.2) is 59.5 Å². The molecule has 2 heterocycles. The van der Waals surface area contributed by atoms with E-state index < -0.39 is 11.8 Å². The summed E-state index contributed by atoms with van der Waals surface area (Å²) in [4.78, 5) is 32.2. The summed E-state index contributed by atoms with van der Waals surface area (Å²) in [6.07, 6.45) is 8.23. The van der Waals surface area contributed by atoms with Gasteiger partial charge in [-0.2, -0.15) is 0 Å². The van der Waals surface area contributed by atoms with E-state index >= 15 is 0 Å². The number of carbonyl (C=O) groups is 2. The molecular weight excluding hydrogens is 522 g/mol. The Morgan fingerprint density at radius 1 is 1.08 bits per heavy atom. The summed E-state index contributed by atoms with van der Waals surface area (Å²) < 4.78 is 0. The van der Waals surface area contributed by atoms with Crippen LogP contribution in [0.25, 0.3) is 16.6 Å². The van der Waals surface area contributed by atoms with Crippen LogP contribution in [0, 0.1) is 11.8 Å². The highest BCUT2D eigenvalue weighted by atomic mass is 35.5. The maximum absolute atomic E-state index is 13.2. The molecular formula is C29H26ClN3O2S2. The van der Waals surface area contributed by atoms with Crippen molar-refractivity contribution in [2.24, 2.45) is 11.8 Å². The van der Waals surface area contributed by atoms with Crippen molar-refractivity contribution >= 4 is 63.8 Å². The summed E-state index contributed by atoms with van der Waals surface area (Å²) in [5.41, 5.74) is 3.74. The average Bonchev–Trinajstić information content (AvgIpc) is 3.60. The molecule has 1 unspecified atom stereocenters. The number of thiazole rings is 1. The third kappa shape index (κ3) is 4.54. The van der Waals surface area contributed by atoms with Crippen LogP contribution < -0.4 is 10.2 Å². The number of thiocarbonyl (C=S) groups is 1. The Hall–Kier alpha value is -2.87. The van der Waals surface area contributed by atoms with E-state index in [2.05, 4.69) is 17.6 Å². The lowest BCUT2D eigenvalue weighted by Crippen LogP contribution is -2.54. The molecule has 1 saturated heterocycles. The van der Waals surface area contributed by atoms with E-state index in [0.717, 1.165) is 28.0 Å². The molecule has 2 aromatic carbocycles. The van der Waals surface area contributed by atoms with Crippen LogP contribution in [-0.4, -0.2) is 21.9 Å². The smallest absolute Gasteiger partial charge is 0.270 e.